The van der Waals surface area contributed by atoms with E-state index in [-0.39, 0.29) is 10.8 Å². The molecule has 0 unspecified atom stereocenters. The van der Waals surface area contributed by atoms with Crippen LogP contribution in [-0.2, 0) is 27.7 Å². The van der Waals surface area contributed by atoms with Crippen LogP contribution in [0.25, 0.3) is 10.9 Å². The van der Waals surface area contributed by atoms with Gasteiger partial charge < -0.3 is 5.32 Å². The van der Waals surface area contributed by atoms with Crippen molar-refractivity contribution in [3.63, 3.8) is 0 Å². The molecule has 30 heavy (non-hydrogen) atoms. The second-order valence-corrected chi connectivity index (χ2v) is 9.19. The van der Waals surface area contributed by atoms with Gasteiger partial charge in [0.25, 0.3) is 15.9 Å². The molecule has 9 heteroatoms. The molecule has 1 aliphatic rings. The quantitative estimate of drug-likeness (QED) is 0.642. The molecular weight excluding hydrogens is 426 g/mol. The van der Waals surface area contributed by atoms with Crippen LogP contribution in [0.4, 0.5) is 5.69 Å². The summed E-state index contributed by atoms with van der Waals surface area (Å²) < 4.78 is 26.0. The van der Waals surface area contributed by atoms with Gasteiger partial charge in [0.2, 0.25) is 5.91 Å². The van der Waals surface area contributed by atoms with Crippen LogP contribution < -0.4 is 10.0 Å². The normalized spacial score (nSPS) is 13.1. The Morgan fingerprint density at radius 1 is 1.07 bits per heavy atom. The summed E-state index contributed by atoms with van der Waals surface area (Å²) in [6, 6.07) is 10.9. The number of hydrogen-bond acceptors (Lipinski definition) is 5. The number of aromatic nitrogens is 1. The highest BCUT2D eigenvalue weighted by atomic mass is 35.5. The molecule has 0 bridgehead atoms. The molecule has 0 fully saturated rings. The monoisotopic (exact) mass is 443 g/mol. The number of anilines is 1. The van der Waals surface area contributed by atoms with E-state index in [1.54, 1.807) is 18.2 Å². The lowest BCUT2D eigenvalue weighted by molar-refractivity contribution is -0.117. The fourth-order valence-corrected chi connectivity index (χ4v) is 4.82. The Labute approximate surface area is 178 Å². The summed E-state index contributed by atoms with van der Waals surface area (Å²) in [7, 11) is -3.93. The number of carbonyl (C=O) groups is 2. The molecule has 1 heterocycles. The van der Waals surface area contributed by atoms with Gasteiger partial charge in [-0.3, -0.25) is 14.6 Å². The summed E-state index contributed by atoms with van der Waals surface area (Å²) in [6.07, 6.45) is 2.52. The number of fused-ring (bicyclic) bond motifs is 2. The molecule has 3 aromatic rings. The minimum absolute atomic E-state index is 0.0715. The molecule has 2 amide bonds. The van der Waals surface area contributed by atoms with Crippen LogP contribution in [-0.4, -0.2) is 25.2 Å². The molecule has 4 rings (SSSR count). The molecule has 0 spiro atoms. The fraction of sp³-hybridized carbons (Fsp3) is 0.190. The lowest BCUT2D eigenvalue weighted by atomic mass is 10.0. The molecule has 2 aromatic carbocycles. The Morgan fingerprint density at radius 3 is 2.50 bits per heavy atom. The summed E-state index contributed by atoms with van der Waals surface area (Å²) in [6.45, 7) is 1.12. The molecule has 1 aromatic heterocycles. The number of rotatable bonds is 4. The Kier molecular flexibility index (Phi) is 5.21. The van der Waals surface area contributed by atoms with Crippen molar-refractivity contribution in [2.45, 2.75) is 31.1 Å². The van der Waals surface area contributed by atoms with E-state index in [4.69, 9.17) is 11.6 Å². The van der Waals surface area contributed by atoms with E-state index in [2.05, 4.69) is 10.3 Å². The Bertz CT molecular complexity index is 1290. The van der Waals surface area contributed by atoms with Gasteiger partial charge in [0, 0.05) is 28.7 Å². The predicted octanol–water partition coefficient (Wildman–Crippen LogP) is 3.45. The number of amides is 2. The lowest BCUT2D eigenvalue weighted by Gasteiger charge is -2.13. The van der Waals surface area contributed by atoms with E-state index in [9.17, 15) is 18.0 Å². The second kappa shape index (κ2) is 7.70. The zero-order valence-corrected chi connectivity index (χ0v) is 17.6. The highest BCUT2D eigenvalue weighted by Crippen LogP contribution is 2.32. The molecule has 0 saturated carbocycles. The smallest absolute Gasteiger partial charge is 0.264 e. The Morgan fingerprint density at radius 2 is 1.80 bits per heavy atom. The Balaban J connectivity index is 1.67. The number of sulfonamides is 1. The van der Waals surface area contributed by atoms with Crippen molar-refractivity contribution in [2.24, 2.45) is 0 Å². The first-order chi connectivity index (χ1) is 14.2. The first kappa shape index (κ1) is 20.3. The summed E-state index contributed by atoms with van der Waals surface area (Å²) in [5, 5.41) is 4.03. The molecule has 2 N–H and O–H groups in total. The first-order valence-corrected chi connectivity index (χ1v) is 11.2. The minimum Gasteiger partial charge on any atom is -0.322 e. The Hall–Kier alpha value is -2.97. The number of carbonyl (C=O) groups excluding carboxylic acids is 2. The summed E-state index contributed by atoms with van der Waals surface area (Å²) >= 11 is 6.16. The molecule has 0 atom stereocenters. The second-order valence-electron chi connectivity index (χ2n) is 7.07. The number of nitrogens with one attached hydrogen (secondary N) is 2. The van der Waals surface area contributed by atoms with Crippen LogP contribution >= 0.6 is 11.6 Å². The van der Waals surface area contributed by atoms with Gasteiger partial charge in [-0.2, -0.15) is 0 Å². The molecule has 7 nitrogen and oxygen atoms in total. The van der Waals surface area contributed by atoms with E-state index >= 15 is 0 Å². The number of nitrogens with zero attached hydrogens (tertiary/aromatic N) is 1. The van der Waals surface area contributed by atoms with E-state index in [0.29, 0.717) is 27.2 Å². The van der Waals surface area contributed by atoms with Crippen molar-refractivity contribution >= 4 is 50.0 Å². The summed E-state index contributed by atoms with van der Waals surface area (Å²) in [5.74, 6) is -0.982. The van der Waals surface area contributed by atoms with Crippen molar-refractivity contribution in [1.82, 2.24) is 9.71 Å². The highest BCUT2D eigenvalue weighted by Gasteiger charge is 2.24. The van der Waals surface area contributed by atoms with Crippen molar-refractivity contribution in [3.05, 3.63) is 64.3 Å². The van der Waals surface area contributed by atoms with Crippen LogP contribution in [0.5, 0.6) is 0 Å². The third-order valence-corrected chi connectivity index (χ3v) is 6.59. The van der Waals surface area contributed by atoms with Gasteiger partial charge in [-0.05, 0) is 67.3 Å². The van der Waals surface area contributed by atoms with Gasteiger partial charge in [-0.25, -0.2) is 13.1 Å². The van der Waals surface area contributed by atoms with E-state index in [1.165, 1.54) is 24.3 Å². The van der Waals surface area contributed by atoms with Gasteiger partial charge in [-0.15, -0.1) is 0 Å². The van der Waals surface area contributed by atoms with Crippen LogP contribution in [0.1, 0.15) is 35.0 Å². The molecule has 0 radical (unpaired) electrons. The molecule has 0 aliphatic heterocycles. The molecular formula is C21H18ClN3O4S. The number of halogens is 1. The van der Waals surface area contributed by atoms with Gasteiger partial charge in [0.1, 0.15) is 0 Å². The average molecular weight is 444 g/mol. The lowest BCUT2D eigenvalue weighted by Crippen LogP contribution is -2.28. The zero-order valence-electron chi connectivity index (χ0n) is 16.0. The van der Waals surface area contributed by atoms with E-state index < -0.39 is 15.9 Å². The third-order valence-electron chi connectivity index (χ3n) is 4.90. The summed E-state index contributed by atoms with van der Waals surface area (Å²) in [4.78, 5) is 28.8. The molecule has 154 valence electrons. The zero-order chi connectivity index (χ0) is 21.5. The average Bonchev–Trinajstić information content (AvgIpc) is 3.13. The maximum atomic E-state index is 13.2. The van der Waals surface area contributed by atoms with Gasteiger partial charge in [0.15, 0.2) is 0 Å². The van der Waals surface area contributed by atoms with Gasteiger partial charge in [-0.1, -0.05) is 11.6 Å². The van der Waals surface area contributed by atoms with E-state index in [1.807, 2.05) is 4.72 Å². The SMILES string of the molecule is CC(=O)NS(=O)(=O)c1ccc(NC(=O)c2c3c(nc4ccc(Cl)cc24)CCC3)cc1. The van der Waals surface area contributed by atoms with Crippen molar-refractivity contribution in [2.75, 3.05) is 5.32 Å². The van der Waals surface area contributed by atoms with Crippen LogP contribution in [0.15, 0.2) is 47.4 Å². The molecule has 0 saturated heterocycles. The first-order valence-electron chi connectivity index (χ1n) is 9.30. The topological polar surface area (TPSA) is 105 Å². The number of hydrogen-bond donors (Lipinski definition) is 2. The van der Waals surface area contributed by atoms with Crippen LogP contribution in [0.2, 0.25) is 5.02 Å². The van der Waals surface area contributed by atoms with Crippen LogP contribution in [0, 0.1) is 0 Å². The highest BCUT2D eigenvalue weighted by molar-refractivity contribution is 7.90. The fourth-order valence-electron chi connectivity index (χ4n) is 3.65. The van der Waals surface area contributed by atoms with Crippen molar-refractivity contribution in [3.8, 4) is 0 Å². The number of benzene rings is 2. The third kappa shape index (κ3) is 3.88. The maximum absolute atomic E-state index is 13.2. The van der Waals surface area contributed by atoms with Gasteiger partial charge >= 0.3 is 0 Å². The number of aryl methyl sites for hydroxylation is 1. The van der Waals surface area contributed by atoms with Crippen LogP contribution in [0.3, 0.4) is 0 Å². The largest absolute Gasteiger partial charge is 0.322 e. The van der Waals surface area contributed by atoms with Gasteiger partial charge in [0.05, 0.1) is 16.0 Å². The van der Waals surface area contributed by atoms with Crippen molar-refractivity contribution < 1.29 is 18.0 Å². The maximum Gasteiger partial charge on any atom is 0.264 e. The number of pyridine rings is 1. The predicted molar refractivity (Wildman–Crippen MR) is 114 cm³/mol. The van der Waals surface area contributed by atoms with E-state index in [0.717, 1.165) is 37.4 Å². The standard InChI is InChI=1S/C21H18ClN3O4S/c1-12(26)25-30(28,29)15-8-6-14(7-9-15)23-21(27)20-16-3-2-4-18(16)24-19-10-5-13(22)11-17(19)20/h5-11H,2-4H2,1H3,(H,23,27)(H,25,26). The summed E-state index contributed by atoms with van der Waals surface area (Å²) in [5.41, 5.74) is 3.53. The van der Waals surface area contributed by atoms with Crippen molar-refractivity contribution in [1.29, 1.82) is 0 Å². The minimum atomic E-state index is -3.93. The molecule has 1 aliphatic carbocycles.